The Kier molecular flexibility index (Phi) is 6.19. The number of anilines is 1. The van der Waals surface area contributed by atoms with E-state index < -0.39 is 0 Å². The fourth-order valence-electron chi connectivity index (χ4n) is 1.77. The van der Waals surface area contributed by atoms with Crippen molar-refractivity contribution in [2.24, 2.45) is 10.7 Å². The van der Waals surface area contributed by atoms with E-state index in [0.29, 0.717) is 18.4 Å². The number of hydrogen-bond donors (Lipinski definition) is 2. The molecule has 0 aliphatic heterocycles. The first kappa shape index (κ1) is 17.5. The molecule has 5 nitrogen and oxygen atoms in total. The van der Waals surface area contributed by atoms with Crippen LogP contribution < -0.4 is 11.1 Å². The predicted molar refractivity (Wildman–Crippen MR) is 96.3 cm³/mol. The average Bonchev–Trinajstić information content (AvgIpc) is 2.71. The number of hydrogen-bond acceptors (Lipinski definition) is 3. The van der Waals surface area contributed by atoms with Crippen LogP contribution in [-0.2, 0) is 6.54 Å². The summed E-state index contributed by atoms with van der Waals surface area (Å²) in [7, 11) is 0. The Hall–Kier alpha value is -1.57. The summed E-state index contributed by atoms with van der Waals surface area (Å²) in [5.74, 6) is 1.74. The second-order valence-electron chi connectivity index (χ2n) is 4.87. The molecule has 0 saturated heterocycles. The summed E-state index contributed by atoms with van der Waals surface area (Å²) in [6, 6.07) is 6.06. The van der Waals surface area contributed by atoms with Crippen molar-refractivity contribution in [1.29, 1.82) is 0 Å². The smallest absolute Gasteiger partial charge is 0.216 e. The van der Waals surface area contributed by atoms with Gasteiger partial charge in [0.1, 0.15) is 12.3 Å². The van der Waals surface area contributed by atoms with E-state index >= 15 is 0 Å². The third-order valence-corrected chi connectivity index (χ3v) is 3.24. The van der Waals surface area contributed by atoms with E-state index in [9.17, 15) is 0 Å². The number of guanidine groups is 1. The monoisotopic (exact) mass is 400 g/mol. The van der Waals surface area contributed by atoms with Crippen LogP contribution in [0, 0.1) is 27.7 Å². The van der Waals surface area contributed by atoms with Crippen LogP contribution in [0.25, 0.3) is 0 Å². The highest BCUT2D eigenvalue weighted by atomic mass is 127. The first-order valence-electron chi connectivity index (χ1n) is 6.53. The zero-order valence-electron chi connectivity index (χ0n) is 12.7. The summed E-state index contributed by atoms with van der Waals surface area (Å²) in [5, 5.41) is 3.06. The molecule has 21 heavy (non-hydrogen) atoms. The predicted octanol–water partition coefficient (Wildman–Crippen LogP) is 3.45. The molecular formula is C15H21IN4O. The van der Waals surface area contributed by atoms with Gasteiger partial charge in [0.05, 0.1) is 5.69 Å². The molecule has 0 bridgehead atoms. The van der Waals surface area contributed by atoms with Gasteiger partial charge >= 0.3 is 0 Å². The van der Waals surface area contributed by atoms with Crippen LogP contribution in [0.3, 0.4) is 0 Å². The van der Waals surface area contributed by atoms with Gasteiger partial charge in [0.15, 0.2) is 5.96 Å². The Balaban J connectivity index is 0.00000220. The van der Waals surface area contributed by atoms with Gasteiger partial charge in [-0.1, -0.05) is 6.07 Å². The minimum atomic E-state index is 0. The lowest BCUT2D eigenvalue weighted by Gasteiger charge is -2.07. The summed E-state index contributed by atoms with van der Waals surface area (Å²) < 4.78 is 5.45. The molecule has 0 aliphatic rings. The van der Waals surface area contributed by atoms with Crippen LogP contribution in [-0.4, -0.2) is 10.9 Å². The zero-order chi connectivity index (χ0) is 14.7. The van der Waals surface area contributed by atoms with E-state index in [4.69, 9.17) is 10.2 Å². The number of nitrogens with two attached hydrogens (primary N) is 1. The Labute approximate surface area is 142 Å². The van der Waals surface area contributed by atoms with Crippen LogP contribution in [0.15, 0.2) is 27.6 Å². The van der Waals surface area contributed by atoms with E-state index in [-0.39, 0.29) is 24.0 Å². The molecule has 1 heterocycles. The fourth-order valence-corrected chi connectivity index (χ4v) is 1.77. The molecule has 0 aliphatic carbocycles. The highest BCUT2D eigenvalue weighted by Gasteiger charge is 2.04. The highest BCUT2D eigenvalue weighted by molar-refractivity contribution is 14.0. The van der Waals surface area contributed by atoms with Crippen molar-refractivity contribution in [2.45, 2.75) is 34.2 Å². The summed E-state index contributed by atoms with van der Waals surface area (Å²) in [4.78, 5) is 8.48. The summed E-state index contributed by atoms with van der Waals surface area (Å²) in [6.45, 7) is 8.25. The molecule has 0 amide bonds. The van der Waals surface area contributed by atoms with E-state index in [0.717, 1.165) is 17.1 Å². The largest absolute Gasteiger partial charge is 0.444 e. The normalized spacial score (nSPS) is 11.1. The minimum Gasteiger partial charge on any atom is -0.444 e. The van der Waals surface area contributed by atoms with Gasteiger partial charge in [-0.3, -0.25) is 0 Å². The second kappa shape index (κ2) is 7.44. The molecule has 2 rings (SSSR count). The van der Waals surface area contributed by atoms with Crippen LogP contribution in [0.1, 0.15) is 28.5 Å². The topological polar surface area (TPSA) is 76.4 Å². The molecule has 0 atom stereocenters. The molecule has 0 radical (unpaired) electrons. The summed E-state index contributed by atoms with van der Waals surface area (Å²) in [6.07, 6.45) is 0. The summed E-state index contributed by atoms with van der Waals surface area (Å²) >= 11 is 0. The lowest BCUT2D eigenvalue weighted by atomic mass is 10.1. The van der Waals surface area contributed by atoms with Crippen LogP contribution in [0.4, 0.5) is 5.69 Å². The Morgan fingerprint density at radius 2 is 1.95 bits per heavy atom. The number of aryl methyl sites for hydroxylation is 4. The molecule has 2 aromatic rings. The van der Waals surface area contributed by atoms with Crippen LogP contribution in [0.5, 0.6) is 0 Å². The Morgan fingerprint density at radius 1 is 1.24 bits per heavy atom. The van der Waals surface area contributed by atoms with E-state index in [1.807, 2.05) is 32.0 Å². The number of nitrogens with one attached hydrogen (secondary N) is 1. The number of halogens is 1. The number of rotatable bonds is 3. The van der Waals surface area contributed by atoms with Crippen molar-refractivity contribution in [3.63, 3.8) is 0 Å². The zero-order valence-corrected chi connectivity index (χ0v) is 15.1. The number of nitrogens with zero attached hydrogens (tertiary/aromatic N) is 2. The van der Waals surface area contributed by atoms with E-state index in [2.05, 4.69) is 29.1 Å². The second-order valence-corrected chi connectivity index (χ2v) is 4.87. The maximum absolute atomic E-state index is 5.86. The van der Waals surface area contributed by atoms with Crippen molar-refractivity contribution < 1.29 is 4.42 Å². The van der Waals surface area contributed by atoms with Gasteiger partial charge in [-0.15, -0.1) is 24.0 Å². The average molecular weight is 400 g/mol. The first-order valence-corrected chi connectivity index (χ1v) is 6.53. The first-order chi connectivity index (χ1) is 9.45. The molecule has 6 heteroatoms. The third kappa shape index (κ3) is 4.73. The quantitative estimate of drug-likeness (QED) is 0.470. The van der Waals surface area contributed by atoms with E-state index in [1.165, 1.54) is 11.1 Å². The molecular weight excluding hydrogens is 379 g/mol. The van der Waals surface area contributed by atoms with Gasteiger partial charge < -0.3 is 15.5 Å². The SMILES string of the molecule is Cc1ccc(NC(N)=NCc2nc(C)c(C)o2)cc1C.I. The van der Waals surface area contributed by atoms with Gasteiger partial charge in [-0.25, -0.2) is 9.98 Å². The molecule has 1 aromatic carbocycles. The number of benzene rings is 1. The Morgan fingerprint density at radius 3 is 2.52 bits per heavy atom. The van der Waals surface area contributed by atoms with Crippen LogP contribution in [0.2, 0.25) is 0 Å². The molecule has 0 fully saturated rings. The number of aromatic nitrogens is 1. The van der Waals surface area contributed by atoms with Crippen molar-refractivity contribution in [3.05, 3.63) is 46.7 Å². The van der Waals surface area contributed by atoms with Crippen LogP contribution >= 0.6 is 24.0 Å². The van der Waals surface area contributed by atoms with Crippen molar-refractivity contribution in [2.75, 3.05) is 5.32 Å². The molecule has 1 aromatic heterocycles. The molecule has 3 N–H and O–H groups in total. The maximum atomic E-state index is 5.86. The van der Waals surface area contributed by atoms with Gasteiger partial charge in [0, 0.05) is 5.69 Å². The van der Waals surface area contributed by atoms with Gasteiger partial charge in [-0.05, 0) is 51.0 Å². The van der Waals surface area contributed by atoms with Crippen molar-refractivity contribution in [3.8, 4) is 0 Å². The highest BCUT2D eigenvalue weighted by Crippen LogP contribution is 2.14. The molecule has 0 spiro atoms. The maximum Gasteiger partial charge on any atom is 0.216 e. The van der Waals surface area contributed by atoms with Gasteiger partial charge in [0.25, 0.3) is 0 Å². The minimum absolute atomic E-state index is 0. The fraction of sp³-hybridized carbons (Fsp3) is 0.333. The molecule has 0 unspecified atom stereocenters. The lowest BCUT2D eigenvalue weighted by molar-refractivity contribution is 0.473. The van der Waals surface area contributed by atoms with Crippen molar-refractivity contribution >= 4 is 35.6 Å². The standard InChI is InChI=1S/C15H20N4O.HI/c1-9-5-6-13(7-10(9)2)19-15(16)17-8-14-18-11(3)12(4)20-14;/h5-7H,8H2,1-4H3,(H3,16,17,19);1H. The Bertz CT molecular complexity index is 630. The lowest BCUT2D eigenvalue weighted by Crippen LogP contribution is -2.22. The molecule has 114 valence electrons. The number of oxazole rings is 1. The van der Waals surface area contributed by atoms with E-state index in [1.54, 1.807) is 0 Å². The number of aliphatic imine (C=N–C) groups is 1. The molecule has 0 saturated carbocycles. The third-order valence-electron chi connectivity index (χ3n) is 3.24. The summed E-state index contributed by atoms with van der Waals surface area (Å²) in [5.41, 5.74) is 10.1. The van der Waals surface area contributed by atoms with Gasteiger partial charge in [0.2, 0.25) is 5.89 Å². The van der Waals surface area contributed by atoms with Crippen molar-refractivity contribution in [1.82, 2.24) is 4.98 Å². The van der Waals surface area contributed by atoms with Gasteiger partial charge in [-0.2, -0.15) is 0 Å².